The fourth-order valence-corrected chi connectivity index (χ4v) is 1.92. The van der Waals surface area contributed by atoms with Gasteiger partial charge in [-0.15, -0.1) is 5.10 Å². The molecule has 1 aromatic heterocycles. The lowest BCUT2D eigenvalue weighted by Gasteiger charge is -2.18. The van der Waals surface area contributed by atoms with E-state index >= 15 is 0 Å². The second-order valence-electron chi connectivity index (χ2n) is 4.12. The van der Waals surface area contributed by atoms with E-state index in [-0.39, 0.29) is 0 Å². The Balaban J connectivity index is 1.91. The molecule has 0 bridgehead atoms. The Bertz CT molecular complexity index is 569. The summed E-state index contributed by atoms with van der Waals surface area (Å²) in [5, 5.41) is 14.9. The van der Waals surface area contributed by atoms with Gasteiger partial charge in [0.05, 0.1) is 12.2 Å². The monoisotopic (exact) mass is 261 g/mol. The third kappa shape index (κ3) is 2.37. The van der Waals surface area contributed by atoms with Crippen molar-refractivity contribution in [1.82, 2.24) is 25.5 Å². The van der Waals surface area contributed by atoms with E-state index in [1.165, 1.54) is 0 Å². The fourth-order valence-electron chi connectivity index (χ4n) is 1.92. The molecule has 0 fully saturated rings. The number of benzene rings is 1. The molecule has 100 valence electrons. The lowest BCUT2D eigenvalue weighted by atomic mass is 10.2. The standard InChI is InChI=1S/C12H15N5O2/c1-2-13-8-12-14-15-16-17(12)9-3-4-10-11(7-9)19-6-5-18-10/h3-4,7,13H,2,5-6,8H2,1H3. The minimum Gasteiger partial charge on any atom is -0.486 e. The summed E-state index contributed by atoms with van der Waals surface area (Å²) in [6, 6.07) is 5.68. The molecule has 0 radical (unpaired) electrons. The Morgan fingerprint density at radius 3 is 2.95 bits per heavy atom. The van der Waals surface area contributed by atoms with Crippen LogP contribution in [0.25, 0.3) is 5.69 Å². The van der Waals surface area contributed by atoms with Crippen LogP contribution in [0.1, 0.15) is 12.7 Å². The molecule has 1 aliphatic heterocycles. The van der Waals surface area contributed by atoms with Crippen molar-refractivity contribution < 1.29 is 9.47 Å². The Hall–Kier alpha value is -2.15. The van der Waals surface area contributed by atoms with Crippen molar-refractivity contribution in [3.05, 3.63) is 24.0 Å². The Morgan fingerprint density at radius 1 is 1.26 bits per heavy atom. The summed E-state index contributed by atoms with van der Waals surface area (Å²) in [4.78, 5) is 0. The quantitative estimate of drug-likeness (QED) is 0.866. The van der Waals surface area contributed by atoms with Gasteiger partial charge in [0.15, 0.2) is 17.3 Å². The number of hydrogen-bond donors (Lipinski definition) is 1. The molecule has 0 atom stereocenters. The third-order valence-electron chi connectivity index (χ3n) is 2.84. The van der Waals surface area contributed by atoms with E-state index in [1.54, 1.807) is 4.68 Å². The highest BCUT2D eigenvalue weighted by Gasteiger charge is 2.14. The molecular formula is C12H15N5O2. The van der Waals surface area contributed by atoms with Gasteiger partial charge in [-0.1, -0.05) is 6.92 Å². The van der Waals surface area contributed by atoms with Crippen LogP contribution in [0.5, 0.6) is 11.5 Å². The number of nitrogens with one attached hydrogen (secondary N) is 1. The van der Waals surface area contributed by atoms with Gasteiger partial charge in [0, 0.05) is 6.07 Å². The molecule has 3 rings (SSSR count). The molecule has 1 aromatic carbocycles. The van der Waals surface area contributed by atoms with Crippen LogP contribution < -0.4 is 14.8 Å². The molecule has 19 heavy (non-hydrogen) atoms. The Morgan fingerprint density at radius 2 is 2.11 bits per heavy atom. The maximum atomic E-state index is 5.56. The zero-order chi connectivity index (χ0) is 13.1. The minimum atomic E-state index is 0.566. The second-order valence-corrected chi connectivity index (χ2v) is 4.12. The molecule has 2 heterocycles. The molecule has 0 spiro atoms. The van der Waals surface area contributed by atoms with Crippen molar-refractivity contribution in [2.45, 2.75) is 13.5 Å². The van der Waals surface area contributed by atoms with E-state index in [2.05, 4.69) is 20.8 Å². The number of ether oxygens (including phenoxy) is 2. The predicted octanol–water partition coefficient (Wildman–Crippen LogP) is 0.543. The van der Waals surface area contributed by atoms with E-state index in [9.17, 15) is 0 Å². The highest BCUT2D eigenvalue weighted by atomic mass is 16.6. The van der Waals surface area contributed by atoms with E-state index in [0.29, 0.717) is 19.8 Å². The molecule has 2 aromatic rings. The number of tetrazole rings is 1. The summed E-state index contributed by atoms with van der Waals surface area (Å²) >= 11 is 0. The van der Waals surface area contributed by atoms with Gasteiger partial charge in [-0.25, -0.2) is 0 Å². The van der Waals surface area contributed by atoms with Gasteiger partial charge in [-0.3, -0.25) is 0 Å². The molecule has 1 aliphatic rings. The molecule has 0 saturated carbocycles. The lowest BCUT2D eigenvalue weighted by molar-refractivity contribution is 0.171. The van der Waals surface area contributed by atoms with E-state index in [0.717, 1.165) is 29.6 Å². The van der Waals surface area contributed by atoms with Crippen LogP contribution >= 0.6 is 0 Å². The highest BCUT2D eigenvalue weighted by Crippen LogP contribution is 2.31. The molecule has 0 saturated heterocycles. The van der Waals surface area contributed by atoms with Gasteiger partial charge >= 0.3 is 0 Å². The zero-order valence-corrected chi connectivity index (χ0v) is 10.7. The summed E-state index contributed by atoms with van der Waals surface area (Å²) in [6.07, 6.45) is 0. The summed E-state index contributed by atoms with van der Waals surface area (Å²) in [5.74, 6) is 2.25. The molecule has 1 N–H and O–H groups in total. The molecule has 0 unspecified atom stereocenters. The van der Waals surface area contributed by atoms with Gasteiger partial charge in [0.1, 0.15) is 13.2 Å². The first-order valence-corrected chi connectivity index (χ1v) is 6.26. The number of rotatable bonds is 4. The van der Waals surface area contributed by atoms with Crippen LogP contribution in [0, 0.1) is 0 Å². The predicted molar refractivity (Wildman–Crippen MR) is 67.5 cm³/mol. The van der Waals surface area contributed by atoms with E-state index in [1.807, 2.05) is 25.1 Å². The van der Waals surface area contributed by atoms with Crippen LogP contribution in [-0.4, -0.2) is 40.0 Å². The van der Waals surface area contributed by atoms with Gasteiger partial charge in [-0.05, 0) is 29.1 Å². The first-order valence-electron chi connectivity index (χ1n) is 6.26. The molecular weight excluding hydrogens is 246 g/mol. The number of fused-ring (bicyclic) bond motifs is 1. The average Bonchev–Trinajstić information content (AvgIpc) is 2.93. The summed E-state index contributed by atoms with van der Waals surface area (Å²) in [6.45, 7) is 4.68. The number of hydrogen-bond acceptors (Lipinski definition) is 6. The van der Waals surface area contributed by atoms with Crippen LogP contribution in [-0.2, 0) is 6.54 Å². The lowest BCUT2D eigenvalue weighted by Crippen LogP contribution is -2.17. The topological polar surface area (TPSA) is 74.1 Å². The molecule has 7 nitrogen and oxygen atoms in total. The maximum absolute atomic E-state index is 5.56. The average molecular weight is 261 g/mol. The van der Waals surface area contributed by atoms with Gasteiger partial charge < -0.3 is 14.8 Å². The van der Waals surface area contributed by atoms with Crippen molar-refractivity contribution in [2.24, 2.45) is 0 Å². The largest absolute Gasteiger partial charge is 0.486 e. The van der Waals surface area contributed by atoms with Crippen molar-refractivity contribution in [2.75, 3.05) is 19.8 Å². The van der Waals surface area contributed by atoms with Crippen molar-refractivity contribution >= 4 is 0 Å². The third-order valence-corrected chi connectivity index (χ3v) is 2.84. The first kappa shape index (κ1) is 11.9. The molecule has 0 amide bonds. The van der Waals surface area contributed by atoms with Gasteiger partial charge in [0.25, 0.3) is 0 Å². The molecule has 0 aliphatic carbocycles. The summed E-state index contributed by atoms with van der Waals surface area (Å²) in [5.41, 5.74) is 0.863. The minimum absolute atomic E-state index is 0.566. The summed E-state index contributed by atoms with van der Waals surface area (Å²) < 4.78 is 12.7. The highest BCUT2D eigenvalue weighted by molar-refractivity contribution is 5.49. The van der Waals surface area contributed by atoms with Crippen molar-refractivity contribution in [3.63, 3.8) is 0 Å². The Kier molecular flexibility index (Phi) is 3.28. The van der Waals surface area contributed by atoms with Crippen molar-refractivity contribution in [3.8, 4) is 17.2 Å². The number of aromatic nitrogens is 4. The normalized spacial score (nSPS) is 13.5. The van der Waals surface area contributed by atoms with Crippen LogP contribution in [0.4, 0.5) is 0 Å². The smallest absolute Gasteiger partial charge is 0.170 e. The molecule has 7 heteroatoms. The zero-order valence-electron chi connectivity index (χ0n) is 10.7. The fraction of sp³-hybridized carbons (Fsp3) is 0.417. The van der Waals surface area contributed by atoms with Crippen molar-refractivity contribution in [1.29, 1.82) is 0 Å². The van der Waals surface area contributed by atoms with E-state index in [4.69, 9.17) is 9.47 Å². The summed E-state index contributed by atoms with van der Waals surface area (Å²) in [7, 11) is 0. The second kappa shape index (κ2) is 5.23. The number of nitrogens with zero attached hydrogens (tertiary/aromatic N) is 4. The first-order chi connectivity index (χ1) is 9.38. The van der Waals surface area contributed by atoms with Crippen LogP contribution in [0.15, 0.2) is 18.2 Å². The van der Waals surface area contributed by atoms with Crippen LogP contribution in [0.2, 0.25) is 0 Å². The Labute approximate surface area is 110 Å². The van der Waals surface area contributed by atoms with Crippen LogP contribution in [0.3, 0.4) is 0 Å². The SMILES string of the molecule is CCNCc1nnnn1-c1ccc2c(c1)OCCO2. The van der Waals surface area contributed by atoms with Gasteiger partial charge in [0.2, 0.25) is 0 Å². The van der Waals surface area contributed by atoms with E-state index < -0.39 is 0 Å². The maximum Gasteiger partial charge on any atom is 0.170 e. The van der Waals surface area contributed by atoms with Gasteiger partial charge in [-0.2, -0.15) is 4.68 Å².